The average molecular weight is 270 g/mol. The number of rotatable bonds is 2. The minimum Gasteiger partial charge on any atom is -0.389 e. The van der Waals surface area contributed by atoms with E-state index in [9.17, 15) is 9.50 Å². The van der Waals surface area contributed by atoms with Gasteiger partial charge in [0.05, 0.1) is 22.8 Å². The monoisotopic (exact) mass is 270 g/mol. The van der Waals surface area contributed by atoms with Crippen LogP contribution in [0, 0.1) is 12.7 Å². The van der Waals surface area contributed by atoms with E-state index in [4.69, 9.17) is 0 Å². The molecule has 0 aliphatic heterocycles. The van der Waals surface area contributed by atoms with Crippen molar-refractivity contribution in [3.8, 4) is 5.69 Å². The molecule has 0 saturated carbocycles. The molecule has 0 amide bonds. The molecule has 3 nitrogen and oxygen atoms in total. The van der Waals surface area contributed by atoms with Gasteiger partial charge in [-0.05, 0) is 43.7 Å². The summed E-state index contributed by atoms with van der Waals surface area (Å²) < 4.78 is 15.6. The summed E-state index contributed by atoms with van der Waals surface area (Å²) in [5.41, 5.74) is 3.65. The lowest BCUT2D eigenvalue weighted by molar-refractivity contribution is 0.198. The van der Waals surface area contributed by atoms with Crippen LogP contribution in [0.2, 0.25) is 0 Å². The van der Waals surface area contributed by atoms with E-state index in [1.807, 2.05) is 28.8 Å². The van der Waals surface area contributed by atoms with Gasteiger partial charge in [0.25, 0.3) is 0 Å². The largest absolute Gasteiger partial charge is 0.389 e. The van der Waals surface area contributed by atoms with E-state index in [-0.39, 0.29) is 5.82 Å². The number of halogens is 1. The van der Waals surface area contributed by atoms with Crippen molar-refractivity contribution in [1.82, 2.24) is 9.55 Å². The maximum atomic E-state index is 13.7. The molecule has 0 radical (unpaired) electrons. The van der Waals surface area contributed by atoms with Crippen molar-refractivity contribution >= 4 is 11.0 Å². The lowest BCUT2D eigenvalue weighted by Gasteiger charge is -2.15. The van der Waals surface area contributed by atoms with Gasteiger partial charge in [-0.1, -0.05) is 12.1 Å². The Bertz CT molecular complexity index is 777. The van der Waals surface area contributed by atoms with Crippen LogP contribution < -0.4 is 0 Å². The molecule has 0 saturated heterocycles. The maximum Gasteiger partial charge on any atom is 0.126 e. The van der Waals surface area contributed by atoms with Gasteiger partial charge in [-0.2, -0.15) is 0 Å². The molecule has 3 aromatic rings. The lowest BCUT2D eigenvalue weighted by atomic mass is 10.0. The van der Waals surface area contributed by atoms with E-state index in [1.165, 1.54) is 6.07 Å². The summed E-state index contributed by atoms with van der Waals surface area (Å²) in [6.07, 6.45) is 0.949. The van der Waals surface area contributed by atoms with Crippen LogP contribution in [0.5, 0.6) is 0 Å². The summed E-state index contributed by atoms with van der Waals surface area (Å²) in [6.45, 7) is 3.34. The molecule has 4 heteroatoms. The fourth-order valence-electron chi connectivity index (χ4n) is 2.38. The van der Waals surface area contributed by atoms with Crippen LogP contribution in [0.1, 0.15) is 24.2 Å². The van der Waals surface area contributed by atoms with Gasteiger partial charge >= 0.3 is 0 Å². The molecule has 1 aromatic heterocycles. The van der Waals surface area contributed by atoms with Gasteiger partial charge in [0, 0.05) is 5.56 Å². The Hall–Kier alpha value is -2.20. The molecule has 0 spiro atoms. The maximum absolute atomic E-state index is 13.7. The number of benzene rings is 2. The van der Waals surface area contributed by atoms with Gasteiger partial charge in [-0.15, -0.1) is 0 Å². The predicted molar refractivity (Wildman–Crippen MR) is 76.4 cm³/mol. The first-order valence-corrected chi connectivity index (χ1v) is 6.48. The third-order valence-corrected chi connectivity index (χ3v) is 3.47. The minimum absolute atomic E-state index is 0.311. The fourth-order valence-corrected chi connectivity index (χ4v) is 2.38. The first kappa shape index (κ1) is 12.8. The SMILES string of the molecule is Cc1cc(-n2cnc3ccccc32)c(C(C)O)cc1F. The third-order valence-electron chi connectivity index (χ3n) is 3.47. The molecule has 20 heavy (non-hydrogen) atoms. The number of aryl methyl sites for hydroxylation is 1. The Labute approximate surface area is 116 Å². The van der Waals surface area contributed by atoms with Crippen LogP contribution in [-0.4, -0.2) is 14.7 Å². The van der Waals surface area contributed by atoms with E-state index in [1.54, 1.807) is 26.2 Å². The van der Waals surface area contributed by atoms with E-state index >= 15 is 0 Å². The topological polar surface area (TPSA) is 38.0 Å². The van der Waals surface area contributed by atoms with E-state index < -0.39 is 6.10 Å². The minimum atomic E-state index is -0.749. The van der Waals surface area contributed by atoms with Crippen molar-refractivity contribution in [2.45, 2.75) is 20.0 Å². The van der Waals surface area contributed by atoms with Crippen molar-refractivity contribution in [1.29, 1.82) is 0 Å². The lowest BCUT2D eigenvalue weighted by Crippen LogP contribution is -2.04. The Balaban J connectivity index is 2.31. The number of para-hydroxylation sites is 2. The number of hydrogen-bond acceptors (Lipinski definition) is 2. The summed E-state index contributed by atoms with van der Waals surface area (Å²) in [6, 6.07) is 10.9. The molecule has 1 atom stereocenters. The first-order valence-electron chi connectivity index (χ1n) is 6.48. The summed E-state index contributed by atoms with van der Waals surface area (Å²) in [4.78, 5) is 4.34. The van der Waals surface area contributed by atoms with Gasteiger partial charge in [-0.3, -0.25) is 4.57 Å². The number of hydrogen-bond donors (Lipinski definition) is 1. The molecule has 102 valence electrons. The number of aliphatic hydroxyl groups excluding tert-OH is 1. The summed E-state index contributed by atoms with van der Waals surface area (Å²) in [5.74, 6) is -0.311. The number of nitrogens with zero attached hydrogens (tertiary/aromatic N) is 2. The van der Waals surface area contributed by atoms with Crippen molar-refractivity contribution in [3.05, 3.63) is 59.7 Å². The third kappa shape index (κ3) is 1.98. The van der Waals surface area contributed by atoms with Crippen molar-refractivity contribution < 1.29 is 9.50 Å². The molecule has 0 bridgehead atoms. The Kier molecular flexibility index (Phi) is 3.03. The number of fused-ring (bicyclic) bond motifs is 1. The van der Waals surface area contributed by atoms with Gasteiger partial charge in [0.1, 0.15) is 12.1 Å². The van der Waals surface area contributed by atoms with Crippen molar-refractivity contribution in [2.24, 2.45) is 0 Å². The summed E-state index contributed by atoms with van der Waals surface area (Å²) in [7, 11) is 0. The highest BCUT2D eigenvalue weighted by Crippen LogP contribution is 2.27. The zero-order chi connectivity index (χ0) is 14.3. The number of aromatic nitrogens is 2. The summed E-state index contributed by atoms with van der Waals surface area (Å²) >= 11 is 0. The highest BCUT2D eigenvalue weighted by atomic mass is 19.1. The van der Waals surface area contributed by atoms with Gasteiger partial charge in [0.15, 0.2) is 0 Å². The Morgan fingerprint density at radius 1 is 1.25 bits per heavy atom. The second-order valence-corrected chi connectivity index (χ2v) is 4.94. The fraction of sp³-hybridized carbons (Fsp3) is 0.188. The molecule has 2 aromatic carbocycles. The predicted octanol–water partition coefficient (Wildman–Crippen LogP) is 3.53. The number of imidazole rings is 1. The van der Waals surface area contributed by atoms with E-state index in [2.05, 4.69) is 4.98 Å². The zero-order valence-corrected chi connectivity index (χ0v) is 11.3. The van der Waals surface area contributed by atoms with Crippen LogP contribution in [-0.2, 0) is 0 Å². The molecular weight excluding hydrogens is 255 g/mol. The van der Waals surface area contributed by atoms with Gasteiger partial charge in [0.2, 0.25) is 0 Å². The second-order valence-electron chi connectivity index (χ2n) is 4.94. The van der Waals surface area contributed by atoms with Crippen LogP contribution in [0.3, 0.4) is 0 Å². The second kappa shape index (κ2) is 4.72. The van der Waals surface area contributed by atoms with Gasteiger partial charge in [-0.25, -0.2) is 9.37 Å². The van der Waals surface area contributed by atoms with E-state index in [0.29, 0.717) is 11.1 Å². The van der Waals surface area contributed by atoms with Crippen LogP contribution in [0.25, 0.3) is 16.7 Å². The highest BCUT2D eigenvalue weighted by molar-refractivity contribution is 5.77. The normalized spacial score (nSPS) is 12.8. The molecule has 0 aliphatic rings. The Morgan fingerprint density at radius 3 is 2.75 bits per heavy atom. The quantitative estimate of drug-likeness (QED) is 0.773. The number of aliphatic hydroxyl groups is 1. The smallest absolute Gasteiger partial charge is 0.126 e. The standard InChI is InChI=1S/C16H15FN2O/c1-10-7-16(12(11(2)20)8-13(10)17)19-9-18-14-5-3-4-6-15(14)19/h3-9,11,20H,1-2H3. The van der Waals surface area contributed by atoms with Gasteiger partial charge < -0.3 is 5.11 Å². The molecule has 0 fully saturated rings. The van der Waals surface area contributed by atoms with Crippen molar-refractivity contribution in [2.75, 3.05) is 0 Å². The van der Waals surface area contributed by atoms with Crippen LogP contribution >= 0.6 is 0 Å². The molecule has 3 rings (SSSR count). The Morgan fingerprint density at radius 2 is 2.00 bits per heavy atom. The average Bonchev–Trinajstić information content (AvgIpc) is 2.85. The molecule has 0 aliphatic carbocycles. The highest BCUT2D eigenvalue weighted by Gasteiger charge is 2.15. The first-order chi connectivity index (χ1) is 9.58. The molecular formula is C16H15FN2O. The zero-order valence-electron chi connectivity index (χ0n) is 11.3. The van der Waals surface area contributed by atoms with Crippen LogP contribution in [0.15, 0.2) is 42.7 Å². The van der Waals surface area contributed by atoms with Crippen LogP contribution in [0.4, 0.5) is 4.39 Å². The molecule has 1 N–H and O–H groups in total. The molecule has 1 unspecified atom stereocenters. The van der Waals surface area contributed by atoms with Crippen molar-refractivity contribution in [3.63, 3.8) is 0 Å². The summed E-state index contributed by atoms with van der Waals surface area (Å²) in [5, 5.41) is 9.89. The van der Waals surface area contributed by atoms with E-state index in [0.717, 1.165) is 16.7 Å². The molecule has 1 heterocycles.